The largest absolute Gasteiger partial charge is 0.494 e. The van der Waals surface area contributed by atoms with Gasteiger partial charge in [-0.25, -0.2) is 9.38 Å². The Bertz CT molecular complexity index is 1540. The molecule has 1 aliphatic heterocycles. The molecule has 0 saturated heterocycles. The summed E-state index contributed by atoms with van der Waals surface area (Å²) in [7, 11) is 0. The zero-order valence-electron chi connectivity index (χ0n) is 23.9. The summed E-state index contributed by atoms with van der Waals surface area (Å²) in [4.78, 5) is 19.2. The number of nitrogens with one attached hydrogen (secondary N) is 1. The van der Waals surface area contributed by atoms with Crippen molar-refractivity contribution in [3.05, 3.63) is 143 Å². The molecule has 4 aromatic carbocycles. The minimum absolute atomic E-state index is 0.0642. The third-order valence-electron chi connectivity index (χ3n) is 7.26. The van der Waals surface area contributed by atoms with Gasteiger partial charge in [0.15, 0.2) is 11.6 Å². The summed E-state index contributed by atoms with van der Waals surface area (Å²) in [6.07, 6.45) is 4.58. The highest BCUT2D eigenvalue weighted by molar-refractivity contribution is 6.01. The molecule has 0 radical (unpaired) electrons. The number of halogens is 1. The van der Waals surface area contributed by atoms with E-state index in [1.165, 1.54) is 12.1 Å². The highest BCUT2D eigenvalue weighted by Crippen LogP contribution is 2.43. The van der Waals surface area contributed by atoms with Crippen molar-refractivity contribution in [2.24, 2.45) is 4.99 Å². The SMILES string of the molecule is O=C(NCCc1cccc(F)c1)[C@]1(C/C=C/c2ccccc2)N=C(c2ccc(OCCCO)cc2)O[C@@H]1c1ccccc1. The van der Waals surface area contributed by atoms with Gasteiger partial charge in [0.1, 0.15) is 11.6 Å². The molecule has 1 heterocycles. The summed E-state index contributed by atoms with van der Waals surface area (Å²) in [6, 6.07) is 33.3. The number of ether oxygens (including phenoxy) is 2. The number of rotatable bonds is 13. The van der Waals surface area contributed by atoms with Crippen LogP contribution in [0.25, 0.3) is 6.08 Å². The van der Waals surface area contributed by atoms with Crippen molar-refractivity contribution in [3.8, 4) is 5.75 Å². The van der Waals surface area contributed by atoms with Crippen molar-refractivity contribution in [1.82, 2.24) is 5.32 Å². The Kier molecular flexibility index (Phi) is 9.97. The third kappa shape index (κ3) is 7.56. The second kappa shape index (κ2) is 14.4. The van der Waals surface area contributed by atoms with Gasteiger partial charge in [-0.1, -0.05) is 84.9 Å². The summed E-state index contributed by atoms with van der Waals surface area (Å²) >= 11 is 0. The first kappa shape index (κ1) is 29.7. The topological polar surface area (TPSA) is 80.2 Å². The minimum atomic E-state index is -1.29. The molecule has 220 valence electrons. The molecule has 4 aromatic rings. The average molecular weight is 579 g/mol. The van der Waals surface area contributed by atoms with Crippen LogP contribution in [0.3, 0.4) is 0 Å². The lowest BCUT2D eigenvalue weighted by atomic mass is 9.84. The fraction of sp³-hybridized carbons (Fsp3) is 0.222. The molecule has 0 aliphatic carbocycles. The molecule has 6 nitrogen and oxygen atoms in total. The number of aliphatic hydroxyl groups is 1. The van der Waals surface area contributed by atoms with E-state index in [-0.39, 0.29) is 18.3 Å². The fourth-order valence-electron chi connectivity index (χ4n) is 5.05. The standard InChI is InChI=1S/C36H35FN2O4/c37-31-16-7-12-28(26-31)21-23-38-35(41)36(22-8-13-27-10-3-1-4-11-27)33(29-14-5-2-6-15-29)43-34(39-36)30-17-19-32(20-18-30)42-25-9-24-40/h1-8,10-20,26,33,40H,9,21-25H2,(H,38,41)/b13-8+/t33-,36-/m1/s1. The number of nitrogens with zero attached hydrogens (tertiary/aromatic N) is 1. The lowest BCUT2D eigenvalue weighted by Crippen LogP contribution is -2.48. The van der Waals surface area contributed by atoms with E-state index >= 15 is 0 Å². The number of aliphatic hydroxyl groups excluding tert-OH is 1. The Morgan fingerprint density at radius 2 is 1.72 bits per heavy atom. The molecule has 0 saturated carbocycles. The third-order valence-corrected chi connectivity index (χ3v) is 7.26. The summed E-state index contributed by atoms with van der Waals surface area (Å²) in [5.74, 6) is 0.458. The molecule has 0 bridgehead atoms. The number of hydrogen-bond acceptors (Lipinski definition) is 5. The minimum Gasteiger partial charge on any atom is -0.494 e. The van der Waals surface area contributed by atoms with Crippen LogP contribution in [0.4, 0.5) is 4.39 Å². The monoisotopic (exact) mass is 578 g/mol. The van der Waals surface area contributed by atoms with Crippen molar-refractivity contribution >= 4 is 17.9 Å². The molecule has 2 N–H and O–H groups in total. The van der Waals surface area contributed by atoms with Gasteiger partial charge in [-0.05, 0) is 59.5 Å². The van der Waals surface area contributed by atoms with Gasteiger partial charge in [-0.2, -0.15) is 0 Å². The second-order valence-electron chi connectivity index (χ2n) is 10.4. The van der Waals surface area contributed by atoms with E-state index in [1.54, 1.807) is 6.07 Å². The molecular weight excluding hydrogens is 543 g/mol. The van der Waals surface area contributed by atoms with Crippen LogP contribution in [0.2, 0.25) is 0 Å². The summed E-state index contributed by atoms with van der Waals surface area (Å²) in [6.45, 7) is 0.795. The van der Waals surface area contributed by atoms with E-state index in [0.717, 1.165) is 22.3 Å². The highest BCUT2D eigenvalue weighted by Gasteiger charge is 2.52. The molecule has 43 heavy (non-hydrogen) atoms. The summed E-state index contributed by atoms with van der Waals surface area (Å²) in [5, 5.41) is 12.1. The van der Waals surface area contributed by atoms with Crippen LogP contribution >= 0.6 is 0 Å². The van der Waals surface area contributed by atoms with Gasteiger partial charge in [-0.15, -0.1) is 0 Å². The van der Waals surface area contributed by atoms with E-state index in [4.69, 9.17) is 19.6 Å². The Hall–Kier alpha value is -4.75. The number of amides is 1. The number of carbonyl (C=O) groups is 1. The van der Waals surface area contributed by atoms with Crippen LogP contribution in [-0.4, -0.2) is 42.2 Å². The molecular formula is C36H35FN2O4. The van der Waals surface area contributed by atoms with Crippen LogP contribution in [0.5, 0.6) is 5.75 Å². The van der Waals surface area contributed by atoms with Crippen molar-refractivity contribution in [3.63, 3.8) is 0 Å². The lowest BCUT2D eigenvalue weighted by Gasteiger charge is -2.29. The first-order valence-corrected chi connectivity index (χ1v) is 14.5. The van der Waals surface area contributed by atoms with E-state index < -0.39 is 11.6 Å². The normalized spacial score (nSPS) is 17.8. The molecule has 7 heteroatoms. The van der Waals surface area contributed by atoms with Crippen molar-refractivity contribution in [2.45, 2.75) is 30.9 Å². The van der Waals surface area contributed by atoms with Gasteiger partial charge in [0, 0.05) is 31.6 Å². The number of carbonyl (C=O) groups excluding carboxylic acids is 1. The first-order chi connectivity index (χ1) is 21.1. The number of benzene rings is 4. The maximum absolute atomic E-state index is 14.2. The molecule has 0 aromatic heterocycles. The molecule has 0 unspecified atom stereocenters. The van der Waals surface area contributed by atoms with Crippen molar-refractivity contribution < 1.29 is 23.8 Å². The van der Waals surface area contributed by atoms with E-state index in [9.17, 15) is 9.18 Å². The van der Waals surface area contributed by atoms with E-state index in [2.05, 4.69) is 5.32 Å². The Morgan fingerprint density at radius 1 is 0.977 bits per heavy atom. The number of hydrogen-bond donors (Lipinski definition) is 2. The average Bonchev–Trinajstić information content (AvgIpc) is 3.43. The first-order valence-electron chi connectivity index (χ1n) is 14.5. The summed E-state index contributed by atoms with van der Waals surface area (Å²) < 4.78 is 25.9. The van der Waals surface area contributed by atoms with E-state index in [0.29, 0.717) is 44.1 Å². The van der Waals surface area contributed by atoms with Crippen molar-refractivity contribution in [2.75, 3.05) is 19.8 Å². The highest BCUT2D eigenvalue weighted by atomic mass is 19.1. The molecule has 2 atom stereocenters. The van der Waals surface area contributed by atoms with Crippen LogP contribution in [0.15, 0.2) is 120 Å². The van der Waals surface area contributed by atoms with Crippen molar-refractivity contribution in [1.29, 1.82) is 0 Å². The molecule has 5 rings (SSSR count). The predicted molar refractivity (Wildman–Crippen MR) is 166 cm³/mol. The maximum atomic E-state index is 14.2. The molecule has 1 amide bonds. The zero-order valence-corrected chi connectivity index (χ0v) is 23.9. The molecule has 1 aliphatic rings. The van der Waals surface area contributed by atoms with Crippen LogP contribution in [0, 0.1) is 5.82 Å². The Balaban J connectivity index is 1.47. The van der Waals surface area contributed by atoms with Crippen LogP contribution < -0.4 is 10.1 Å². The molecule has 0 spiro atoms. The van der Waals surface area contributed by atoms with Gasteiger partial charge in [0.2, 0.25) is 5.90 Å². The maximum Gasteiger partial charge on any atom is 0.252 e. The van der Waals surface area contributed by atoms with Gasteiger partial charge in [0.25, 0.3) is 5.91 Å². The van der Waals surface area contributed by atoms with E-state index in [1.807, 2.05) is 103 Å². The van der Waals surface area contributed by atoms with Gasteiger partial charge >= 0.3 is 0 Å². The van der Waals surface area contributed by atoms with Gasteiger partial charge in [-0.3, -0.25) is 4.79 Å². The van der Waals surface area contributed by atoms with Crippen LogP contribution in [0.1, 0.15) is 41.2 Å². The van der Waals surface area contributed by atoms with Gasteiger partial charge in [0.05, 0.1) is 6.61 Å². The predicted octanol–water partition coefficient (Wildman–Crippen LogP) is 6.31. The Labute approximate surface area is 251 Å². The lowest BCUT2D eigenvalue weighted by molar-refractivity contribution is -0.128. The number of aliphatic imine (C=N–C) groups is 1. The smallest absolute Gasteiger partial charge is 0.252 e. The van der Waals surface area contributed by atoms with Gasteiger partial charge < -0.3 is 19.9 Å². The molecule has 0 fully saturated rings. The quantitative estimate of drug-likeness (QED) is 0.182. The summed E-state index contributed by atoms with van der Waals surface area (Å²) in [5.41, 5.74) is 2.07. The zero-order chi connectivity index (χ0) is 29.9. The Morgan fingerprint density at radius 3 is 2.44 bits per heavy atom. The fourth-order valence-corrected chi connectivity index (χ4v) is 5.05. The second-order valence-corrected chi connectivity index (χ2v) is 10.4. The van der Waals surface area contributed by atoms with Crippen LogP contribution in [-0.2, 0) is 16.0 Å².